The van der Waals surface area contributed by atoms with Gasteiger partial charge in [0.25, 0.3) is 5.69 Å². The zero-order chi connectivity index (χ0) is 10.1. The van der Waals surface area contributed by atoms with Gasteiger partial charge < -0.3 is 4.42 Å². The van der Waals surface area contributed by atoms with Crippen LogP contribution in [0, 0.1) is 10.1 Å². The van der Waals surface area contributed by atoms with Crippen LogP contribution in [0.4, 0.5) is 5.69 Å². The molecule has 1 aromatic heterocycles. The highest BCUT2D eigenvalue weighted by Crippen LogP contribution is 2.28. The maximum Gasteiger partial charge on any atom is 0.270 e. The average molecular weight is 209 g/mol. The molecule has 0 atom stereocenters. The summed E-state index contributed by atoms with van der Waals surface area (Å²) in [5, 5.41) is 12.0. The molecular formula is C9H7NO3S. The third-order valence-corrected chi connectivity index (χ3v) is 2.49. The Bertz CT molecular complexity index is 492. The lowest BCUT2D eigenvalue weighted by atomic mass is 10.2. The number of hydrogen-bond donors (Lipinski definition) is 0. The summed E-state index contributed by atoms with van der Waals surface area (Å²) in [6, 6.07) is 6.37. The van der Waals surface area contributed by atoms with E-state index in [9.17, 15) is 10.1 Å². The smallest absolute Gasteiger partial charge is 0.270 e. The minimum atomic E-state index is -0.412. The van der Waals surface area contributed by atoms with E-state index in [1.165, 1.54) is 23.9 Å². The van der Waals surface area contributed by atoms with Crippen molar-refractivity contribution in [3.05, 3.63) is 34.4 Å². The standard InChI is InChI=1S/C9H7NO3S/c1-14-9-5-6-4-7(10(11)12)2-3-8(6)13-9/h2-5H,1H3. The van der Waals surface area contributed by atoms with E-state index in [1.54, 1.807) is 12.1 Å². The number of benzene rings is 1. The van der Waals surface area contributed by atoms with Gasteiger partial charge in [0.2, 0.25) is 0 Å². The van der Waals surface area contributed by atoms with Crippen LogP contribution in [0.15, 0.2) is 33.8 Å². The average Bonchev–Trinajstić information content (AvgIpc) is 2.58. The Labute approximate surface area is 84.0 Å². The van der Waals surface area contributed by atoms with Crippen LogP contribution in [-0.4, -0.2) is 11.2 Å². The Kier molecular flexibility index (Phi) is 2.17. The zero-order valence-electron chi connectivity index (χ0n) is 7.39. The number of non-ortho nitro benzene ring substituents is 1. The van der Waals surface area contributed by atoms with E-state index in [-0.39, 0.29) is 5.69 Å². The molecule has 0 aliphatic rings. The lowest BCUT2D eigenvalue weighted by Gasteiger charge is -1.89. The Morgan fingerprint density at radius 3 is 2.86 bits per heavy atom. The molecule has 0 saturated carbocycles. The summed E-state index contributed by atoms with van der Waals surface area (Å²) in [7, 11) is 0. The van der Waals surface area contributed by atoms with Crippen LogP contribution in [0.1, 0.15) is 0 Å². The first-order valence-corrected chi connectivity index (χ1v) is 5.15. The SMILES string of the molecule is CSc1cc2cc([N+](=O)[O-])ccc2o1. The van der Waals surface area contributed by atoms with Gasteiger partial charge in [0.15, 0.2) is 5.09 Å². The second kappa shape index (κ2) is 3.34. The molecule has 72 valence electrons. The monoisotopic (exact) mass is 209 g/mol. The molecule has 0 aliphatic carbocycles. The number of nitrogens with zero attached hydrogens (tertiary/aromatic N) is 1. The van der Waals surface area contributed by atoms with Crippen LogP contribution in [-0.2, 0) is 0 Å². The molecule has 0 fully saturated rings. The van der Waals surface area contributed by atoms with E-state index in [0.717, 1.165) is 10.5 Å². The summed E-state index contributed by atoms with van der Waals surface area (Å²) >= 11 is 1.47. The molecule has 0 radical (unpaired) electrons. The Hall–Kier alpha value is -1.49. The van der Waals surface area contributed by atoms with Gasteiger partial charge in [-0.3, -0.25) is 10.1 Å². The molecule has 1 heterocycles. The summed E-state index contributed by atoms with van der Waals surface area (Å²) in [4.78, 5) is 10.1. The number of nitro groups is 1. The van der Waals surface area contributed by atoms with Gasteiger partial charge in [-0.2, -0.15) is 0 Å². The molecule has 4 nitrogen and oxygen atoms in total. The Morgan fingerprint density at radius 2 is 2.21 bits per heavy atom. The summed E-state index contributed by atoms with van der Waals surface area (Å²) in [5.74, 6) is 0. The maximum atomic E-state index is 10.5. The normalized spacial score (nSPS) is 10.6. The van der Waals surface area contributed by atoms with Gasteiger partial charge in [-0.25, -0.2) is 0 Å². The van der Waals surface area contributed by atoms with Crippen LogP contribution in [0.25, 0.3) is 11.0 Å². The summed E-state index contributed by atoms with van der Waals surface area (Å²) in [6.07, 6.45) is 1.89. The van der Waals surface area contributed by atoms with Gasteiger partial charge in [0, 0.05) is 17.5 Å². The van der Waals surface area contributed by atoms with Crippen LogP contribution < -0.4 is 0 Å². The highest BCUT2D eigenvalue weighted by molar-refractivity contribution is 7.98. The molecule has 0 unspecified atom stereocenters. The third kappa shape index (κ3) is 1.46. The molecule has 1 aromatic carbocycles. The second-order valence-corrected chi connectivity index (χ2v) is 3.56. The molecule has 2 aromatic rings. The predicted octanol–water partition coefficient (Wildman–Crippen LogP) is 3.06. The molecule has 0 bridgehead atoms. The molecule has 0 spiro atoms. The first-order chi connectivity index (χ1) is 6.70. The predicted molar refractivity (Wildman–Crippen MR) is 54.6 cm³/mol. The number of nitro benzene ring substituents is 1. The van der Waals surface area contributed by atoms with Gasteiger partial charge in [-0.05, 0) is 18.4 Å². The fourth-order valence-electron chi connectivity index (χ4n) is 1.22. The highest BCUT2D eigenvalue weighted by Gasteiger charge is 2.09. The third-order valence-electron chi connectivity index (χ3n) is 1.89. The minimum absolute atomic E-state index is 0.0888. The van der Waals surface area contributed by atoms with Gasteiger partial charge in [0.1, 0.15) is 5.58 Å². The molecule has 2 rings (SSSR count). The van der Waals surface area contributed by atoms with Crippen LogP contribution >= 0.6 is 11.8 Å². The van der Waals surface area contributed by atoms with E-state index in [1.807, 2.05) is 6.26 Å². The number of hydrogen-bond acceptors (Lipinski definition) is 4. The van der Waals surface area contributed by atoms with Crippen molar-refractivity contribution in [1.82, 2.24) is 0 Å². The van der Waals surface area contributed by atoms with Gasteiger partial charge >= 0.3 is 0 Å². The first-order valence-electron chi connectivity index (χ1n) is 3.92. The largest absolute Gasteiger partial charge is 0.450 e. The lowest BCUT2D eigenvalue weighted by molar-refractivity contribution is -0.384. The first kappa shape index (κ1) is 9.08. The topological polar surface area (TPSA) is 56.3 Å². The number of rotatable bonds is 2. The van der Waals surface area contributed by atoms with Crippen molar-refractivity contribution in [3.63, 3.8) is 0 Å². The molecular weight excluding hydrogens is 202 g/mol. The Morgan fingerprint density at radius 1 is 1.43 bits per heavy atom. The molecule has 14 heavy (non-hydrogen) atoms. The number of fused-ring (bicyclic) bond motifs is 1. The van der Waals surface area contributed by atoms with Crippen molar-refractivity contribution in [2.45, 2.75) is 5.09 Å². The highest BCUT2D eigenvalue weighted by atomic mass is 32.2. The molecule has 0 N–H and O–H groups in total. The van der Waals surface area contributed by atoms with Gasteiger partial charge in [-0.15, -0.1) is 0 Å². The molecule has 5 heteroatoms. The molecule has 0 amide bonds. The van der Waals surface area contributed by atoms with Crippen molar-refractivity contribution >= 4 is 28.4 Å². The van der Waals surface area contributed by atoms with Crippen molar-refractivity contribution in [3.8, 4) is 0 Å². The van der Waals surface area contributed by atoms with Crippen LogP contribution in [0.2, 0.25) is 0 Å². The fourth-order valence-corrected chi connectivity index (χ4v) is 1.64. The summed E-state index contributed by atoms with van der Waals surface area (Å²) in [5.41, 5.74) is 0.769. The maximum absolute atomic E-state index is 10.5. The quantitative estimate of drug-likeness (QED) is 0.433. The van der Waals surface area contributed by atoms with Crippen molar-refractivity contribution < 1.29 is 9.34 Å². The van der Waals surface area contributed by atoms with Crippen molar-refractivity contribution in [2.24, 2.45) is 0 Å². The van der Waals surface area contributed by atoms with Crippen LogP contribution in [0.5, 0.6) is 0 Å². The number of thioether (sulfide) groups is 1. The fraction of sp³-hybridized carbons (Fsp3) is 0.111. The minimum Gasteiger partial charge on any atom is -0.450 e. The second-order valence-electron chi connectivity index (χ2n) is 2.75. The van der Waals surface area contributed by atoms with Crippen molar-refractivity contribution in [2.75, 3.05) is 6.26 Å². The molecule has 0 aliphatic heterocycles. The van der Waals surface area contributed by atoms with Gasteiger partial charge in [0.05, 0.1) is 4.92 Å². The van der Waals surface area contributed by atoms with Gasteiger partial charge in [-0.1, -0.05) is 11.8 Å². The lowest BCUT2D eigenvalue weighted by Crippen LogP contribution is -1.85. The van der Waals surface area contributed by atoms with E-state index < -0.39 is 4.92 Å². The summed E-state index contributed by atoms with van der Waals surface area (Å²) < 4.78 is 5.39. The zero-order valence-corrected chi connectivity index (χ0v) is 8.21. The van der Waals surface area contributed by atoms with Crippen molar-refractivity contribution in [1.29, 1.82) is 0 Å². The summed E-state index contributed by atoms with van der Waals surface area (Å²) in [6.45, 7) is 0. The van der Waals surface area contributed by atoms with E-state index in [4.69, 9.17) is 4.42 Å². The van der Waals surface area contributed by atoms with Crippen LogP contribution in [0.3, 0.4) is 0 Å². The van der Waals surface area contributed by atoms with E-state index in [2.05, 4.69) is 0 Å². The molecule has 0 saturated heterocycles. The van der Waals surface area contributed by atoms with E-state index in [0.29, 0.717) is 5.58 Å². The Balaban J connectivity index is 2.59. The van der Waals surface area contributed by atoms with E-state index >= 15 is 0 Å². The number of furan rings is 1.